The van der Waals surface area contributed by atoms with Crippen molar-refractivity contribution in [1.29, 1.82) is 0 Å². The molecule has 0 radical (unpaired) electrons. The molecule has 0 unspecified atom stereocenters. The minimum Gasteiger partial charge on any atom is -0.358 e. The second-order valence-electron chi connectivity index (χ2n) is 3.98. The van der Waals surface area contributed by atoms with E-state index < -0.39 is 6.04 Å². The first-order valence-electron chi connectivity index (χ1n) is 5.85. The summed E-state index contributed by atoms with van der Waals surface area (Å²) >= 11 is 1.65. The molecular formula is C11H19N5O2S. The lowest BCUT2D eigenvalue weighted by Crippen LogP contribution is -2.36. The number of nitrogens with one attached hydrogen (secondary N) is 2. The Morgan fingerprint density at radius 3 is 2.95 bits per heavy atom. The van der Waals surface area contributed by atoms with Gasteiger partial charge in [0.1, 0.15) is 6.54 Å². The van der Waals surface area contributed by atoms with Gasteiger partial charge in [-0.05, 0) is 18.4 Å². The zero-order valence-corrected chi connectivity index (χ0v) is 11.9. The number of hydrogen-bond donors (Lipinski definition) is 3. The third-order valence-electron chi connectivity index (χ3n) is 2.45. The molecule has 0 fully saturated rings. The fraction of sp³-hybridized carbons (Fsp3) is 0.545. The Labute approximate surface area is 116 Å². The van der Waals surface area contributed by atoms with E-state index in [1.807, 2.05) is 6.26 Å². The van der Waals surface area contributed by atoms with E-state index in [0.717, 1.165) is 5.75 Å². The summed E-state index contributed by atoms with van der Waals surface area (Å²) in [7, 11) is 1.55. The highest BCUT2D eigenvalue weighted by Crippen LogP contribution is 2.07. The van der Waals surface area contributed by atoms with Gasteiger partial charge in [-0.25, -0.2) is 0 Å². The number of carbonyl (C=O) groups excluding carboxylic acids is 2. The fourth-order valence-corrected chi connectivity index (χ4v) is 1.84. The average molecular weight is 285 g/mol. The molecular weight excluding hydrogens is 266 g/mol. The van der Waals surface area contributed by atoms with Crippen LogP contribution in [0.4, 0.5) is 5.69 Å². The monoisotopic (exact) mass is 285 g/mol. The molecule has 1 heterocycles. The van der Waals surface area contributed by atoms with E-state index in [4.69, 9.17) is 5.73 Å². The van der Waals surface area contributed by atoms with Gasteiger partial charge in [0.2, 0.25) is 11.8 Å². The number of likely N-dealkylation sites (N-methyl/N-ethyl adjacent to an activating group) is 1. The van der Waals surface area contributed by atoms with E-state index >= 15 is 0 Å². The predicted molar refractivity (Wildman–Crippen MR) is 75.9 cm³/mol. The lowest BCUT2D eigenvalue weighted by Gasteiger charge is -2.09. The molecule has 0 aliphatic carbocycles. The maximum Gasteiger partial charge on any atom is 0.241 e. The first kappa shape index (κ1) is 15.5. The van der Waals surface area contributed by atoms with Gasteiger partial charge in [-0.3, -0.25) is 14.3 Å². The molecule has 4 N–H and O–H groups in total. The number of nitrogens with two attached hydrogens (primary N) is 1. The molecule has 0 aliphatic heterocycles. The van der Waals surface area contributed by atoms with Gasteiger partial charge < -0.3 is 16.4 Å². The van der Waals surface area contributed by atoms with Crippen LogP contribution in [-0.4, -0.2) is 46.7 Å². The van der Waals surface area contributed by atoms with Crippen molar-refractivity contribution in [3.8, 4) is 0 Å². The number of nitrogens with zero attached hydrogens (tertiary/aromatic N) is 2. The SMILES string of the molecule is CNC(=O)Cn1cc(NC(=O)[C@H](N)CCSC)cn1. The minimum atomic E-state index is -0.533. The van der Waals surface area contributed by atoms with Crippen molar-refractivity contribution < 1.29 is 9.59 Å². The van der Waals surface area contributed by atoms with E-state index in [1.165, 1.54) is 10.9 Å². The van der Waals surface area contributed by atoms with Gasteiger partial charge >= 0.3 is 0 Å². The van der Waals surface area contributed by atoms with Crippen LogP contribution >= 0.6 is 11.8 Å². The molecule has 2 amide bonds. The normalized spacial score (nSPS) is 11.9. The summed E-state index contributed by atoms with van der Waals surface area (Å²) in [6.07, 6.45) is 5.67. The standard InChI is InChI=1S/C11H19N5O2S/c1-13-10(17)7-16-6-8(5-14-16)15-11(18)9(12)3-4-19-2/h5-6,9H,3-4,7,12H2,1-2H3,(H,13,17)(H,15,18)/t9-/m1/s1. The first-order chi connectivity index (χ1) is 9.06. The van der Waals surface area contributed by atoms with Crippen LogP contribution in [-0.2, 0) is 16.1 Å². The molecule has 1 atom stereocenters. The lowest BCUT2D eigenvalue weighted by atomic mass is 10.2. The van der Waals surface area contributed by atoms with Crippen LogP contribution in [0.15, 0.2) is 12.4 Å². The highest BCUT2D eigenvalue weighted by Gasteiger charge is 2.14. The van der Waals surface area contributed by atoms with E-state index in [1.54, 1.807) is 25.0 Å². The molecule has 0 bridgehead atoms. The third-order valence-corrected chi connectivity index (χ3v) is 3.10. The summed E-state index contributed by atoms with van der Waals surface area (Å²) in [5.74, 6) is 0.441. The van der Waals surface area contributed by atoms with Crippen LogP contribution in [0.1, 0.15) is 6.42 Å². The van der Waals surface area contributed by atoms with E-state index in [-0.39, 0.29) is 18.4 Å². The summed E-state index contributed by atoms with van der Waals surface area (Å²) in [5.41, 5.74) is 6.28. The van der Waals surface area contributed by atoms with Crippen molar-refractivity contribution in [2.45, 2.75) is 19.0 Å². The molecule has 1 rings (SSSR count). The van der Waals surface area contributed by atoms with Crippen molar-refractivity contribution >= 4 is 29.3 Å². The number of carbonyl (C=O) groups is 2. The van der Waals surface area contributed by atoms with Crippen molar-refractivity contribution in [2.75, 3.05) is 24.4 Å². The third kappa shape index (κ3) is 5.31. The highest BCUT2D eigenvalue weighted by atomic mass is 32.2. The topological polar surface area (TPSA) is 102 Å². The molecule has 0 saturated carbocycles. The second-order valence-corrected chi connectivity index (χ2v) is 4.96. The first-order valence-corrected chi connectivity index (χ1v) is 7.24. The van der Waals surface area contributed by atoms with Crippen molar-refractivity contribution in [2.24, 2.45) is 5.73 Å². The van der Waals surface area contributed by atoms with E-state index in [2.05, 4.69) is 15.7 Å². The van der Waals surface area contributed by atoms with Gasteiger partial charge in [0, 0.05) is 13.2 Å². The Bertz CT molecular complexity index is 434. The molecule has 1 aromatic rings. The fourth-order valence-electron chi connectivity index (χ4n) is 1.35. The number of amides is 2. The van der Waals surface area contributed by atoms with E-state index in [9.17, 15) is 9.59 Å². The minimum absolute atomic E-state index is 0.116. The molecule has 0 spiro atoms. The molecule has 0 saturated heterocycles. The molecule has 0 aromatic carbocycles. The molecule has 106 valence electrons. The number of aromatic nitrogens is 2. The van der Waals surface area contributed by atoms with Gasteiger partial charge in [-0.2, -0.15) is 16.9 Å². The summed E-state index contributed by atoms with van der Waals surface area (Å²) in [6.45, 7) is 0.116. The maximum absolute atomic E-state index is 11.7. The van der Waals surface area contributed by atoms with Crippen molar-refractivity contribution in [3.63, 3.8) is 0 Å². The van der Waals surface area contributed by atoms with Crippen LogP contribution in [0.2, 0.25) is 0 Å². The van der Waals surface area contributed by atoms with Crippen molar-refractivity contribution in [3.05, 3.63) is 12.4 Å². The predicted octanol–water partition coefficient (Wildman–Crippen LogP) is -0.352. The maximum atomic E-state index is 11.7. The summed E-state index contributed by atoms with van der Waals surface area (Å²) in [5, 5.41) is 9.14. The van der Waals surface area contributed by atoms with Crippen LogP contribution in [0, 0.1) is 0 Å². The van der Waals surface area contributed by atoms with Crippen LogP contribution < -0.4 is 16.4 Å². The van der Waals surface area contributed by atoms with Gasteiger partial charge in [-0.1, -0.05) is 0 Å². The average Bonchev–Trinajstić information content (AvgIpc) is 2.82. The Hall–Kier alpha value is -1.54. The van der Waals surface area contributed by atoms with Gasteiger partial charge in [0.05, 0.1) is 17.9 Å². The molecule has 8 heteroatoms. The Morgan fingerprint density at radius 2 is 2.32 bits per heavy atom. The van der Waals surface area contributed by atoms with E-state index in [0.29, 0.717) is 12.1 Å². The Kier molecular flexibility index (Phi) is 6.37. The van der Waals surface area contributed by atoms with Gasteiger partial charge in [0.25, 0.3) is 0 Å². The molecule has 7 nitrogen and oxygen atoms in total. The zero-order valence-electron chi connectivity index (χ0n) is 11.0. The number of thioether (sulfide) groups is 1. The largest absolute Gasteiger partial charge is 0.358 e. The molecule has 0 aliphatic rings. The molecule has 1 aromatic heterocycles. The highest BCUT2D eigenvalue weighted by molar-refractivity contribution is 7.98. The number of rotatable bonds is 7. The lowest BCUT2D eigenvalue weighted by molar-refractivity contribution is -0.121. The van der Waals surface area contributed by atoms with Gasteiger partial charge in [0.15, 0.2) is 0 Å². The van der Waals surface area contributed by atoms with Crippen LogP contribution in [0.5, 0.6) is 0 Å². The van der Waals surface area contributed by atoms with Gasteiger partial charge in [-0.15, -0.1) is 0 Å². The van der Waals surface area contributed by atoms with Crippen LogP contribution in [0.3, 0.4) is 0 Å². The summed E-state index contributed by atoms with van der Waals surface area (Å²) in [6, 6.07) is -0.533. The Balaban J connectivity index is 2.48. The zero-order chi connectivity index (χ0) is 14.3. The number of anilines is 1. The Morgan fingerprint density at radius 1 is 1.58 bits per heavy atom. The second kappa shape index (κ2) is 7.80. The van der Waals surface area contributed by atoms with Crippen LogP contribution in [0.25, 0.3) is 0 Å². The van der Waals surface area contributed by atoms with Crippen molar-refractivity contribution in [1.82, 2.24) is 15.1 Å². The summed E-state index contributed by atoms with van der Waals surface area (Å²) in [4.78, 5) is 22.9. The smallest absolute Gasteiger partial charge is 0.241 e. The quantitative estimate of drug-likeness (QED) is 0.635. The summed E-state index contributed by atoms with van der Waals surface area (Å²) < 4.78 is 1.45. The number of hydrogen-bond acceptors (Lipinski definition) is 5. The molecule has 19 heavy (non-hydrogen) atoms.